The van der Waals surface area contributed by atoms with Gasteiger partial charge >= 0.3 is 12.1 Å². The van der Waals surface area contributed by atoms with Gasteiger partial charge in [-0.15, -0.1) is 0 Å². The Morgan fingerprint density at radius 3 is 2.20 bits per heavy atom. The number of carbonyl (C=O) groups excluding carboxylic acids is 3. The summed E-state index contributed by atoms with van der Waals surface area (Å²) in [5.41, 5.74) is 1.13. The van der Waals surface area contributed by atoms with Crippen molar-refractivity contribution in [2.24, 2.45) is 11.1 Å². The molecule has 0 radical (unpaired) electrons. The zero-order chi connectivity index (χ0) is 27.7. The molecule has 3 aromatic carbocycles. The van der Waals surface area contributed by atoms with Crippen molar-refractivity contribution in [3.05, 3.63) is 108 Å². The summed E-state index contributed by atoms with van der Waals surface area (Å²) in [6.45, 7) is 2.25. The average Bonchev–Trinajstić information content (AvgIpc) is 3.57. The van der Waals surface area contributed by atoms with E-state index in [1.807, 2.05) is 91.0 Å². The molecule has 2 amide bonds. The number of hydrogen-bond acceptors (Lipinski definition) is 7. The maximum absolute atomic E-state index is 14.4. The first-order chi connectivity index (χ1) is 19.6. The zero-order valence-corrected chi connectivity index (χ0v) is 22.0. The minimum absolute atomic E-state index is 0.0128. The Morgan fingerprint density at radius 1 is 0.925 bits per heavy atom. The summed E-state index contributed by atoms with van der Waals surface area (Å²) >= 11 is 0. The predicted molar refractivity (Wildman–Crippen MR) is 145 cm³/mol. The third-order valence-corrected chi connectivity index (χ3v) is 7.79. The number of nitrogens with zero attached hydrogens (tertiary/aromatic N) is 3. The molecular weight excluding hydrogens is 510 g/mol. The van der Waals surface area contributed by atoms with Crippen LogP contribution in [0.3, 0.4) is 0 Å². The van der Waals surface area contributed by atoms with Crippen molar-refractivity contribution in [2.45, 2.75) is 37.8 Å². The van der Waals surface area contributed by atoms with Crippen molar-refractivity contribution >= 4 is 23.7 Å². The molecular formula is C31H29N3O6. The molecule has 0 aromatic heterocycles. The van der Waals surface area contributed by atoms with Crippen LogP contribution in [0.15, 0.2) is 96.2 Å². The lowest BCUT2D eigenvalue weighted by Gasteiger charge is -2.59. The Bertz CT molecular complexity index is 1430. The highest BCUT2D eigenvalue weighted by Gasteiger charge is 2.77. The fourth-order valence-electron chi connectivity index (χ4n) is 6.15. The van der Waals surface area contributed by atoms with Gasteiger partial charge in [0.2, 0.25) is 0 Å². The van der Waals surface area contributed by atoms with Crippen LogP contribution in [0.2, 0.25) is 0 Å². The molecule has 3 aliphatic heterocycles. The number of fused-ring (bicyclic) bond motifs is 2. The monoisotopic (exact) mass is 539 g/mol. The zero-order valence-electron chi connectivity index (χ0n) is 22.0. The molecule has 9 nitrogen and oxygen atoms in total. The van der Waals surface area contributed by atoms with Gasteiger partial charge in [-0.25, -0.2) is 9.59 Å². The van der Waals surface area contributed by atoms with E-state index in [2.05, 4.69) is 5.16 Å². The van der Waals surface area contributed by atoms with Crippen LogP contribution in [0.4, 0.5) is 4.79 Å². The summed E-state index contributed by atoms with van der Waals surface area (Å²) in [6, 6.07) is 27.9. The number of benzene rings is 3. The fourth-order valence-corrected chi connectivity index (χ4v) is 6.15. The third-order valence-electron chi connectivity index (χ3n) is 7.79. The molecule has 1 spiro atoms. The second kappa shape index (κ2) is 10.5. The largest absolute Gasteiger partial charge is 0.461 e. The third kappa shape index (κ3) is 4.09. The summed E-state index contributed by atoms with van der Waals surface area (Å²) in [5, 5.41) is 4.07. The van der Waals surface area contributed by atoms with Crippen molar-refractivity contribution in [1.29, 1.82) is 0 Å². The van der Waals surface area contributed by atoms with Crippen LogP contribution >= 0.6 is 0 Å². The molecule has 3 aliphatic rings. The van der Waals surface area contributed by atoms with Gasteiger partial charge in [-0.2, -0.15) is 0 Å². The number of rotatable bonds is 7. The van der Waals surface area contributed by atoms with E-state index in [-0.39, 0.29) is 31.4 Å². The molecule has 9 heteroatoms. The minimum atomic E-state index is -1.48. The number of amides is 2. The van der Waals surface area contributed by atoms with Gasteiger partial charge in [-0.3, -0.25) is 9.69 Å². The quantitative estimate of drug-likeness (QED) is 0.331. The van der Waals surface area contributed by atoms with Crippen LogP contribution < -0.4 is 0 Å². The highest BCUT2D eigenvalue weighted by molar-refractivity contribution is 6.39. The first-order valence-electron chi connectivity index (χ1n) is 13.3. The van der Waals surface area contributed by atoms with E-state index < -0.39 is 35.7 Å². The van der Waals surface area contributed by atoms with Gasteiger partial charge in [0.15, 0.2) is 17.4 Å². The van der Waals surface area contributed by atoms with Crippen LogP contribution in [-0.4, -0.2) is 58.3 Å². The molecule has 2 saturated heterocycles. The minimum Gasteiger partial charge on any atom is -0.461 e. The molecule has 2 fully saturated rings. The predicted octanol–water partition coefficient (Wildman–Crippen LogP) is 4.10. The molecule has 0 bridgehead atoms. The summed E-state index contributed by atoms with van der Waals surface area (Å²) in [5.74, 6) is -1.77. The molecule has 6 rings (SSSR count). The van der Waals surface area contributed by atoms with E-state index in [0.717, 1.165) is 16.7 Å². The normalized spacial score (nSPS) is 24.7. The lowest BCUT2D eigenvalue weighted by Crippen LogP contribution is -2.77. The highest BCUT2D eigenvalue weighted by Crippen LogP contribution is 2.58. The number of β-lactam (4-membered cyclic amide) rings is 1. The topological polar surface area (TPSA) is 97.7 Å². The van der Waals surface area contributed by atoms with Gasteiger partial charge < -0.3 is 19.2 Å². The average molecular weight is 540 g/mol. The molecule has 204 valence electrons. The van der Waals surface area contributed by atoms with Crippen LogP contribution in [0.25, 0.3) is 0 Å². The Kier molecular flexibility index (Phi) is 6.71. The Morgan fingerprint density at radius 2 is 1.55 bits per heavy atom. The summed E-state index contributed by atoms with van der Waals surface area (Å²) in [7, 11) is 0. The molecule has 3 aromatic rings. The molecule has 3 heterocycles. The molecule has 4 atom stereocenters. The van der Waals surface area contributed by atoms with Gasteiger partial charge in [0, 0.05) is 6.54 Å². The van der Waals surface area contributed by atoms with E-state index in [1.165, 1.54) is 4.90 Å². The molecule has 0 N–H and O–H groups in total. The number of oxime groups is 1. The number of ether oxygens (including phenoxy) is 2. The van der Waals surface area contributed by atoms with Crippen molar-refractivity contribution in [3.8, 4) is 0 Å². The highest BCUT2D eigenvalue weighted by atomic mass is 16.7. The van der Waals surface area contributed by atoms with Crippen LogP contribution in [0.5, 0.6) is 0 Å². The molecule has 0 saturated carbocycles. The Balaban J connectivity index is 1.42. The second-order valence-electron chi connectivity index (χ2n) is 10.0. The fraction of sp³-hybridized carbons (Fsp3) is 0.290. The lowest BCUT2D eigenvalue weighted by atomic mass is 9.65. The van der Waals surface area contributed by atoms with Gasteiger partial charge in [0.25, 0.3) is 5.91 Å². The van der Waals surface area contributed by atoms with Gasteiger partial charge in [-0.05, 0) is 23.6 Å². The smallest absolute Gasteiger partial charge is 0.411 e. The molecule has 0 aliphatic carbocycles. The van der Waals surface area contributed by atoms with E-state index in [9.17, 15) is 14.4 Å². The van der Waals surface area contributed by atoms with Crippen LogP contribution in [0.1, 0.15) is 29.7 Å². The summed E-state index contributed by atoms with van der Waals surface area (Å²) in [6.07, 6.45) is -1.35. The van der Waals surface area contributed by atoms with E-state index in [1.54, 1.807) is 11.8 Å². The number of likely N-dealkylation sites (tertiary alicyclic amines) is 2. The lowest BCUT2D eigenvalue weighted by molar-refractivity contribution is -0.177. The first kappa shape index (κ1) is 25.6. The standard InChI is InChI=1S/C31H29N3O6/c1-2-38-28(35)26-25-24(40-32-26)19-34(30(37)39-20-22-14-8-4-9-15-22)31(25)27(23-16-10-5-11-17-23)33(29(31)36)18-21-12-6-3-7-13-21/h3-17,24-25,27H,2,18-20H2,1H3/t24-,25+,27-,31+/m1/s1. The van der Waals surface area contributed by atoms with E-state index >= 15 is 0 Å². The number of hydrogen-bond donors (Lipinski definition) is 0. The van der Waals surface area contributed by atoms with Crippen molar-refractivity contribution in [2.75, 3.05) is 13.2 Å². The first-order valence-corrected chi connectivity index (χ1v) is 13.3. The summed E-state index contributed by atoms with van der Waals surface area (Å²) in [4.78, 5) is 50.1. The SMILES string of the molecule is CCOC(=O)C1=NO[C@@H]2CN(C(=O)OCc3ccccc3)[C@@]3(C(=O)N(Cc4ccccc4)[C@@H]3c3ccccc3)[C@H]12. The Hall–Kier alpha value is -4.66. The van der Waals surface area contributed by atoms with Gasteiger partial charge in [0.05, 0.1) is 25.1 Å². The van der Waals surface area contributed by atoms with Crippen molar-refractivity contribution < 1.29 is 28.7 Å². The number of esters is 1. The van der Waals surface area contributed by atoms with Crippen LogP contribution in [0, 0.1) is 5.92 Å². The van der Waals surface area contributed by atoms with Crippen LogP contribution in [-0.2, 0) is 37.1 Å². The summed E-state index contributed by atoms with van der Waals surface area (Å²) < 4.78 is 11.0. The van der Waals surface area contributed by atoms with E-state index in [0.29, 0.717) is 6.54 Å². The molecule has 40 heavy (non-hydrogen) atoms. The second-order valence-corrected chi connectivity index (χ2v) is 10.0. The van der Waals surface area contributed by atoms with Crippen molar-refractivity contribution in [1.82, 2.24) is 9.80 Å². The van der Waals surface area contributed by atoms with E-state index in [4.69, 9.17) is 14.3 Å². The van der Waals surface area contributed by atoms with Crippen molar-refractivity contribution in [3.63, 3.8) is 0 Å². The number of carbonyl (C=O) groups is 3. The van der Waals surface area contributed by atoms with Gasteiger partial charge in [0.1, 0.15) is 6.61 Å². The Labute approximate surface area is 231 Å². The molecule has 0 unspecified atom stereocenters. The maximum Gasteiger partial charge on any atom is 0.411 e. The maximum atomic E-state index is 14.4. The van der Waals surface area contributed by atoms with Gasteiger partial charge in [-0.1, -0.05) is 96.2 Å².